The predicted octanol–water partition coefficient (Wildman–Crippen LogP) is 3.04. The van der Waals surface area contributed by atoms with Crippen molar-refractivity contribution in [1.82, 2.24) is 0 Å². The summed E-state index contributed by atoms with van der Waals surface area (Å²) in [5, 5.41) is 7.30. The maximum Gasteiger partial charge on any atom is 0.165 e. The summed E-state index contributed by atoms with van der Waals surface area (Å²) in [6.45, 7) is 0. The summed E-state index contributed by atoms with van der Waals surface area (Å²) < 4.78 is 32.2. The molecule has 3 nitrogen and oxygen atoms in total. The van der Waals surface area contributed by atoms with Crippen molar-refractivity contribution in [2.24, 2.45) is 5.73 Å². The molecule has 0 amide bonds. The van der Waals surface area contributed by atoms with Crippen molar-refractivity contribution in [3.05, 3.63) is 59.7 Å². The first-order valence-electron chi connectivity index (χ1n) is 5.15. The van der Waals surface area contributed by atoms with Crippen LogP contribution in [0.3, 0.4) is 0 Å². The van der Waals surface area contributed by atoms with Crippen molar-refractivity contribution >= 4 is 5.84 Å². The highest BCUT2D eigenvalue weighted by Crippen LogP contribution is 2.28. The van der Waals surface area contributed by atoms with Crippen LogP contribution in [0.15, 0.2) is 42.5 Å². The lowest BCUT2D eigenvalue weighted by atomic mass is 10.1. The summed E-state index contributed by atoms with van der Waals surface area (Å²) in [7, 11) is 0. The topological polar surface area (TPSA) is 59.1 Å². The molecule has 0 heterocycles. The largest absolute Gasteiger partial charge is 0.453 e. The number of ether oxygens (including phenoxy) is 1. The number of amidine groups is 1. The van der Waals surface area contributed by atoms with Gasteiger partial charge in [-0.3, -0.25) is 5.41 Å². The lowest BCUT2D eigenvalue weighted by molar-refractivity contribution is 0.437. The third-order valence-electron chi connectivity index (χ3n) is 2.30. The lowest BCUT2D eigenvalue weighted by Crippen LogP contribution is -2.14. The molecule has 2 rings (SSSR count). The third kappa shape index (κ3) is 2.29. The smallest absolute Gasteiger partial charge is 0.165 e. The number of hydrogen-bond donors (Lipinski definition) is 2. The molecule has 2 aromatic carbocycles. The fourth-order valence-electron chi connectivity index (χ4n) is 1.50. The molecule has 92 valence electrons. The molecule has 2 aromatic rings. The lowest BCUT2D eigenvalue weighted by Gasteiger charge is -2.11. The Kier molecular flexibility index (Phi) is 3.23. The monoisotopic (exact) mass is 248 g/mol. The van der Waals surface area contributed by atoms with Crippen molar-refractivity contribution in [1.29, 1.82) is 5.41 Å². The summed E-state index contributed by atoms with van der Waals surface area (Å²) in [4.78, 5) is 0. The molecule has 0 aromatic heterocycles. The molecule has 0 bridgehead atoms. The van der Waals surface area contributed by atoms with Crippen LogP contribution in [0.25, 0.3) is 0 Å². The van der Waals surface area contributed by atoms with Gasteiger partial charge in [-0.2, -0.15) is 0 Å². The number of nitrogen functional groups attached to an aromatic ring is 1. The Morgan fingerprint density at radius 3 is 2.22 bits per heavy atom. The molecule has 18 heavy (non-hydrogen) atoms. The molecule has 0 radical (unpaired) electrons. The van der Waals surface area contributed by atoms with Crippen LogP contribution in [0.2, 0.25) is 0 Å². The highest BCUT2D eigenvalue weighted by Gasteiger charge is 2.14. The van der Waals surface area contributed by atoms with Gasteiger partial charge in [0.1, 0.15) is 17.4 Å². The highest BCUT2D eigenvalue weighted by molar-refractivity contribution is 5.98. The SMILES string of the molecule is N=C(N)c1c(F)cccc1Oc1ccccc1F. The van der Waals surface area contributed by atoms with E-state index in [1.807, 2.05) is 0 Å². The number of nitrogens with one attached hydrogen (secondary N) is 1. The Balaban J connectivity index is 2.44. The van der Waals surface area contributed by atoms with Crippen LogP contribution in [-0.4, -0.2) is 5.84 Å². The highest BCUT2D eigenvalue weighted by atomic mass is 19.1. The van der Waals surface area contributed by atoms with Crippen LogP contribution < -0.4 is 10.5 Å². The molecule has 0 aliphatic heterocycles. The minimum Gasteiger partial charge on any atom is -0.453 e. The van der Waals surface area contributed by atoms with Gasteiger partial charge in [0, 0.05) is 0 Å². The zero-order valence-electron chi connectivity index (χ0n) is 9.28. The van der Waals surface area contributed by atoms with E-state index in [0.29, 0.717) is 0 Å². The van der Waals surface area contributed by atoms with Crippen molar-refractivity contribution in [2.75, 3.05) is 0 Å². The number of halogens is 2. The second kappa shape index (κ2) is 4.83. The Labute approximate surface area is 102 Å². The van der Waals surface area contributed by atoms with E-state index in [-0.39, 0.29) is 17.1 Å². The molecule has 0 aliphatic rings. The third-order valence-corrected chi connectivity index (χ3v) is 2.30. The zero-order valence-corrected chi connectivity index (χ0v) is 9.28. The molecule has 0 atom stereocenters. The fraction of sp³-hybridized carbons (Fsp3) is 0. The molecule has 0 fully saturated rings. The zero-order chi connectivity index (χ0) is 13.1. The second-order valence-corrected chi connectivity index (χ2v) is 3.56. The molecule has 5 heteroatoms. The van der Waals surface area contributed by atoms with Crippen LogP contribution in [0, 0.1) is 17.0 Å². The minimum absolute atomic E-state index is 0.00704. The molecule has 0 saturated heterocycles. The van der Waals surface area contributed by atoms with E-state index in [4.69, 9.17) is 15.9 Å². The van der Waals surface area contributed by atoms with E-state index in [1.165, 1.54) is 30.3 Å². The van der Waals surface area contributed by atoms with E-state index < -0.39 is 17.5 Å². The van der Waals surface area contributed by atoms with E-state index in [2.05, 4.69) is 0 Å². The molecule has 0 saturated carbocycles. The summed E-state index contributed by atoms with van der Waals surface area (Å²) >= 11 is 0. The molecule has 0 unspecified atom stereocenters. The maximum absolute atomic E-state index is 13.5. The fourth-order valence-corrected chi connectivity index (χ4v) is 1.50. The molecule has 0 aliphatic carbocycles. The van der Waals surface area contributed by atoms with E-state index in [1.54, 1.807) is 6.07 Å². The first kappa shape index (κ1) is 12.0. The van der Waals surface area contributed by atoms with Crippen LogP contribution in [0.5, 0.6) is 11.5 Å². The average molecular weight is 248 g/mol. The summed E-state index contributed by atoms with van der Waals surface area (Å²) in [6, 6.07) is 9.71. The molecular weight excluding hydrogens is 238 g/mol. The van der Waals surface area contributed by atoms with E-state index in [9.17, 15) is 8.78 Å². The molecule has 0 spiro atoms. The Morgan fingerprint density at radius 1 is 0.944 bits per heavy atom. The number of hydrogen-bond acceptors (Lipinski definition) is 2. The normalized spacial score (nSPS) is 10.1. The van der Waals surface area contributed by atoms with Gasteiger partial charge in [0.15, 0.2) is 11.6 Å². The minimum atomic E-state index is -0.684. The van der Waals surface area contributed by atoms with Gasteiger partial charge >= 0.3 is 0 Å². The Bertz CT molecular complexity index is 599. The van der Waals surface area contributed by atoms with Crippen molar-refractivity contribution in [2.45, 2.75) is 0 Å². The van der Waals surface area contributed by atoms with Gasteiger partial charge in [-0.05, 0) is 24.3 Å². The van der Waals surface area contributed by atoms with Crippen LogP contribution >= 0.6 is 0 Å². The van der Waals surface area contributed by atoms with Crippen LogP contribution in [-0.2, 0) is 0 Å². The maximum atomic E-state index is 13.5. The predicted molar refractivity (Wildman–Crippen MR) is 63.9 cm³/mol. The van der Waals surface area contributed by atoms with Crippen molar-refractivity contribution in [3.63, 3.8) is 0 Å². The van der Waals surface area contributed by atoms with Gasteiger partial charge < -0.3 is 10.5 Å². The van der Waals surface area contributed by atoms with Gasteiger partial charge in [0.25, 0.3) is 0 Å². The van der Waals surface area contributed by atoms with Crippen molar-refractivity contribution < 1.29 is 13.5 Å². The van der Waals surface area contributed by atoms with Gasteiger partial charge in [0.2, 0.25) is 0 Å². The number of para-hydroxylation sites is 1. The number of benzene rings is 2. The van der Waals surface area contributed by atoms with Crippen LogP contribution in [0.4, 0.5) is 8.78 Å². The number of nitrogens with two attached hydrogens (primary N) is 1. The second-order valence-electron chi connectivity index (χ2n) is 3.56. The average Bonchev–Trinajstić information content (AvgIpc) is 2.31. The Hall–Kier alpha value is -2.43. The van der Waals surface area contributed by atoms with Crippen molar-refractivity contribution in [3.8, 4) is 11.5 Å². The van der Waals surface area contributed by atoms with Gasteiger partial charge in [0.05, 0.1) is 5.56 Å². The van der Waals surface area contributed by atoms with E-state index >= 15 is 0 Å². The van der Waals surface area contributed by atoms with E-state index in [0.717, 1.165) is 6.07 Å². The standard InChI is InChI=1S/C13H10F2N2O/c14-8-4-1-2-6-10(8)18-11-7-3-5-9(15)12(11)13(16)17/h1-7H,(H3,16,17). The number of rotatable bonds is 3. The molecule has 3 N–H and O–H groups in total. The summed E-state index contributed by atoms with van der Waals surface area (Å²) in [5.74, 6) is -1.77. The van der Waals surface area contributed by atoms with Gasteiger partial charge in [-0.15, -0.1) is 0 Å². The Morgan fingerprint density at radius 2 is 1.56 bits per heavy atom. The molecular formula is C13H10F2N2O. The van der Waals surface area contributed by atoms with Crippen LogP contribution in [0.1, 0.15) is 5.56 Å². The first-order valence-corrected chi connectivity index (χ1v) is 5.15. The quantitative estimate of drug-likeness (QED) is 0.647. The van der Waals surface area contributed by atoms with Gasteiger partial charge in [-0.25, -0.2) is 8.78 Å². The van der Waals surface area contributed by atoms with Gasteiger partial charge in [-0.1, -0.05) is 18.2 Å². The first-order chi connectivity index (χ1) is 8.59. The summed E-state index contributed by atoms with van der Waals surface area (Å²) in [6.07, 6.45) is 0. The summed E-state index contributed by atoms with van der Waals surface area (Å²) in [5.41, 5.74) is 5.10.